The largest absolute Gasteiger partial charge is 0.382 e. The van der Waals surface area contributed by atoms with E-state index < -0.39 is 0 Å². The lowest BCUT2D eigenvalue weighted by Gasteiger charge is -2.22. The molecule has 5 nitrogen and oxygen atoms in total. The molecule has 0 fully saturated rings. The van der Waals surface area contributed by atoms with Crippen LogP contribution in [-0.4, -0.2) is 34.4 Å². The fourth-order valence-electron chi connectivity index (χ4n) is 1.83. The Bertz CT molecular complexity index is 501. The predicted molar refractivity (Wildman–Crippen MR) is 79.6 cm³/mol. The van der Waals surface area contributed by atoms with Crippen LogP contribution in [0.2, 0.25) is 0 Å². The number of rotatable bonds is 2. The van der Waals surface area contributed by atoms with Crippen LogP contribution in [0.1, 0.15) is 36.9 Å². The van der Waals surface area contributed by atoms with Crippen LogP contribution in [0.25, 0.3) is 0 Å². The molecule has 1 aromatic heterocycles. The van der Waals surface area contributed by atoms with Crippen LogP contribution in [0.5, 0.6) is 0 Å². The van der Waals surface area contributed by atoms with Crippen molar-refractivity contribution in [2.24, 2.45) is 0 Å². The number of hydrogen-bond donors (Lipinski definition) is 2. The molecular formula is C13H20N4OS. The van der Waals surface area contributed by atoms with Crippen LogP contribution in [0.3, 0.4) is 0 Å². The molecule has 3 N–H and O–H groups in total. The Kier molecular flexibility index (Phi) is 3.80. The highest BCUT2D eigenvalue weighted by Gasteiger charge is 2.23. The molecule has 1 aliphatic rings. The summed E-state index contributed by atoms with van der Waals surface area (Å²) in [6.07, 6.45) is 5.00. The van der Waals surface area contributed by atoms with E-state index in [9.17, 15) is 4.79 Å². The lowest BCUT2D eigenvalue weighted by Crippen LogP contribution is -2.33. The maximum Gasteiger partial charge on any atom is 0.268 e. The number of hydrogen-bond acceptors (Lipinski definition) is 5. The number of amides is 1. The summed E-state index contributed by atoms with van der Waals surface area (Å²) in [5.74, 6) is 0.289. The van der Waals surface area contributed by atoms with Crippen LogP contribution in [-0.2, 0) is 0 Å². The van der Waals surface area contributed by atoms with Crippen LogP contribution < -0.4 is 11.1 Å². The van der Waals surface area contributed by atoms with Crippen molar-refractivity contribution in [1.82, 2.24) is 9.88 Å². The molecule has 1 amide bonds. The molecule has 1 aromatic rings. The summed E-state index contributed by atoms with van der Waals surface area (Å²) in [5, 5.41) is 3.94. The van der Waals surface area contributed by atoms with E-state index in [0.717, 1.165) is 13.0 Å². The minimum atomic E-state index is -0.0987. The zero-order valence-corrected chi connectivity index (χ0v) is 12.4. The van der Waals surface area contributed by atoms with E-state index in [1.165, 1.54) is 11.3 Å². The normalized spacial score (nSPS) is 15.6. The van der Waals surface area contributed by atoms with Gasteiger partial charge in [0, 0.05) is 18.6 Å². The zero-order valence-electron chi connectivity index (χ0n) is 11.6. The average Bonchev–Trinajstić information content (AvgIpc) is 2.68. The summed E-state index contributed by atoms with van der Waals surface area (Å²) in [6, 6.07) is 0. The van der Waals surface area contributed by atoms with E-state index in [0.29, 0.717) is 22.4 Å². The maximum absolute atomic E-state index is 12.4. The molecule has 0 atom stereocenters. The molecular weight excluding hydrogens is 260 g/mol. The summed E-state index contributed by atoms with van der Waals surface area (Å²) < 4.78 is 0. The van der Waals surface area contributed by atoms with Gasteiger partial charge in [-0.15, -0.1) is 0 Å². The number of nitrogens with one attached hydrogen (secondary N) is 1. The second-order valence-electron chi connectivity index (χ2n) is 5.62. The van der Waals surface area contributed by atoms with E-state index >= 15 is 0 Å². The van der Waals surface area contributed by atoms with Gasteiger partial charge >= 0.3 is 0 Å². The Labute approximate surface area is 117 Å². The molecule has 19 heavy (non-hydrogen) atoms. The molecule has 0 unspecified atom stereocenters. The standard InChI is InChI=1S/C13H20N4OS/c1-13(2,3)16-12-15-10(14)9(19-12)11(18)17-7-5-4-6-8-17/h4-5H,6-8,14H2,1-3H3,(H,15,16). The third kappa shape index (κ3) is 3.47. The number of anilines is 2. The molecule has 0 saturated carbocycles. The maximum atomic E-state index is 12.4. The Morgan fingerprint density at radius 1 is 1.47 bits per heavy atom. The molecule has 0 bridgehead atoms. The Morgan fingerprint density at radius 2 is 2.21 bits per heavy atom. The topological polar surface area (TPSA) is 71.2 Å². The Balaban J connectivity index is 2.16. The van der Waals surface area contributed by atoms with E-state index in [1.807, 2.05) is 26.8 Å². The van der Waals surface area contributed by atoms with Gasteiger partial charge in [-0.25, -0.2) is 4.98 Å². The molecule has 0 radical (unpaired) electrons. The first-order valence-electron chi connectivity index (χ1n) is 6.35. The van der Waals surface area contributed by atoms with Crippen LogP contribution in [0.15, 0.2) is 12.2 Å². The first kappa shape index (κ1) is 13.9. The van der Waals surface area contributed by atoms with Crippen molar-refractivity contribution < 1.29 is 4.79 Å². The number of aromatic nitrogens is 1. The second-order valence-corrected chi connectivity index (χ2v) is 6.62. The highest BCUT2D eigenvalue weighted by Crippen LogP contribution is 2.28. The minimum Gasteiger partial charge on any atom is -0.382 e. The lowest BCUT2D eigenvalue weighted by molar-refractivity contribution is 0.0776. The molecule has 2 heterocycles. The van der Waals surface area contributed by atoms with Crippen molar-refractivity contribution >= 4 is 28.2 Å². The summed E-state index contributed by atoms with van der Waals surface area (Å²) in [4.78, 5) is 18.9. The smallest absolute Gasteiger partial charge is 0.268 e. The van der Waals surface area contributed by atoms with E-state index in [4.69, 9.17) is 5.73 Å². The van der Waals surface area contributed by atoms with Gasteiger partial charge < -0.3 is 16.0 Å². The van der Waals surface area contributed by atoms with E-state index in [2.05, 4.69) is 16.4 Å². The summed E-state index contributed by atoms with van der Waals surface area (Å²) in [6.45, 7) is 7.53. The van der Waals surface area contributed by atoms with Crippen LogP contribution in [0.4, 0.5) is 10.9 Å². The molecule has 0 saturated heterocycles. The number of carbonyl (C=O) groups is 1. The number of thiazole rings is 1. The molecule has 2 rings (SSSR count). The molecule has 1 aliphatic heterocycles. The molecule has 104 valence electrons. The van der Waals surface area contributed by atoms with Crippen LogP contribution >= 0.6 is 11.3 Å². The number of nitrogen functional groups attached to an aromatic ring is 1. The summed E-state index contributed by atoms with van der Waals surface area (Å²) in [5.41, 5.74) is 5.76. The average molecular weight is 280 g/mol. The van der Waals surface area contributed by atoms with E-state index in [1.54, 1.807) is 4.90 Å². The van der Waals surface area contributed by atoms with Gasteiger partial charge in [0.2, 0.25) is 0 Å². The quantitative estimate of drug-likeness (QED) is 0.816. The lowest BCUT2D eigenvalue weighted by atomic mass is 10.1. The molecule has 0 aromatic carbocycles. The highest BCUT2D eigenvalue weighted by molar-refractivity contribution is 7.18. The first-order valence-corrected chi connectivity index (χ1v) is 7.17. The number of carbonyl (C=O) groups excluding carboxylic acids is 1. The predicted octanol–water partition coefficient (Wildman–Crippen LogP) is 2.34. The summed E-state index contributed by atoms with van der Waals surface area (Å²) >= 11 is 1.33. The van der Waals surface area contributed by atoms with E-state index in [-0.39, 0.29) is 11.4 Å². The molecule has 0 spiro atoms. The van der Waals surface area contributed by atoms with Crippen molar-refractivity contribution in [3.05, 3.63) is 17.0 Å². The molecule has 0 aliphatic carbocycles. The minimum absolute atomic E-state index is 0.0266. The molecule has 6 heteroatoms. The van der Waals surface area contributed by atoms with Gasteiger partial charge in [0.25, 0.3) is 5.91 Å². The van der Waals surface area contributed by atoms with Crippen LogP contribution in [0, 0.1) is 0 Å². The van der Waals surface area contributed by atoms with Crippen molar-refractivity contribution in [3.63, 3.8) is 0 Å². The van der Waals surface area contributed by atoms with Crippen molar-refractivity contribution in [3.8, 4) is 0 Å². The van der Waals surface area contributed by atoms with Crippen molar-refractivity contribution in [2.45, 2.75) is 32.7 Å². The van der Waals surface area contributed by atoms with Gasteiger partial charge in [0.05, 0.1) is 0 Å². The third-order valence-corrected chi connectivity index (χ3v) is 3.65. The SMILES string of the molecule is CC(C)(C)Nc1nc(N)c(C(=O)N2CC=CCC2)s1. The fourth-order valence-corrected chi connectivity index (χ4v) is 2.89. The van der Waals surface area contributed by atoms with Gasteiger partial charge in [-0.3, -0.25) is 4.79 Å². The monoisotopic (exact) mass is 280 g/mol. The van der Waals surface area contributed by atoms with Gasteiger partial charge in [0.15, 0.2) is 5.13 Å². The highest BCUT2D eigenvalue weighted by atomic mass is 32.1. The Hall–Kier alpha value is -1.56. The zero-order chi connectivity index (χ0) is 14.0. The summed E-state index contributed by atoms with van der Waals surface area (Å²) in [7, 11) is 0. The fraction of sp³-hybridized carbons (Fsp3) is 0.538. The van der Waals surface area contributed by atoms with Gasteiger partial charge in [-0.1, -0.05) is 23.5 Å². The van der Waals surface area contributed by atoms with Gasteiger partial charge in [-0.2, -0.15) is 0 Å². The number of nitrogens with zero attached hydrogens (tertiary/aromatic N) is 2. The Morgan fingerprint density at radius 3 is 2.79 bits per heavy atom. The number of nitrogens with two attached hydrogens (primary N) is 1. The first-order chi connectivity index (χ1) is 8.87. The second kappa shape index (κ2) is 5.21. The van der Waals surface area contributed by atoms with Crippen molar-refractivity contribution in [2.75, 3.05) is 24.1 Å². The third-order valence-electron chi connectivity index (χ3n) is 2.67. The van der Waals surface area contributed by atoms with Crippen molar-refractivity contribution in [1.29, 1.82) is 0 Å². The van der Waals surface area contributed by atoms with Gasteiger partial charge in [0.1, 0.15) is 10.7 Å². The van der Waals surface area contributed by atoms with Gasteiger partial charge in [-0.05, 0) is 27.2 Å².